The van der Waals surface area contributed by atoms with Crippen molar-refractivity contribution in [3.8, 4) is 0 Å². The Morgan fingerprint density at radius 3 is 2.39 bits per heavy atom. The van der Waals surface area contributed by atoms with Gasteiger partial charge < -0.3 is 5.32 Å². The third-order valence-corrected chi connectivity index (χ3v) is 3.27. The summed E-state index contributed by atoms with van der Waals surface area (Å²) in [7, 11) is 1.98. The number of aromatic nitrogens is 1. The van der Waals surface area contributed by atoms with Crippen LogP contribution in [0.2, 0.25) is 0 Å². The van der Waals surface area contributed by atoms with Crippen molar-refractivity contribution in [3.63, 3.8) is 0 Å². The molecule has 0 amide bonds. The van der Waals surface area contributed by atoms with E-state index in [0.29, 0.717) is 0 Å². The fraction of sp³-hybridized carbons (Fsp3) is 0.312. The Balaban J connectivity index is 2.48. The molecule has 1 heterocycles. The minimum atomic E-state index is 0.157. The molecule has 94 valence electrons. The standard InChI is InChI=1S/C16H20N2/c1-11-5-6-13(3)14(9-11)16(17-4)15-10-12(2)7-8-18-15/h5-10,16-17H,1-4H3. The van der Waals surface area contributed by atoms with Gasteiger partial charge in [-0.3, -0.25) is 4.98 Å². The second-order valence-corrected chi connectivity index (χ2v) is 4.84. The fourth-order valence-electron chi connectivity index (χ4n) is 2.25. The van der Waals surface area contributed by atoms with E-state index in [1.807, 2.05) is 19.3 Å². The smallest absolute Gasteiger partial charge is 0.0751 e. The van der Waals surface area contributed by atoms with Crippen LogP contribution in [0.1, 0.15) is 34.0 Å². The maximum atomic E-state index is 4.50. The number of rotatable bonds is 3. The number of aryl methyl sites for hydroxylation is 3. The van der Waals surface area contributed by atoms with Crippen LogP contribution in [0.4, 0.5) is 0 Å². The van der Waals surface area contributed by atoms with E-state index < -0.39 is 0 Å². The van der Waals surface area contributed by atoms with Crippen LogP contribution in [0.15, 0.2) is 36.5 Å². The van der Waals surface area contributed by atoms with Gasteiger partial charge in [0, 0.05) is 6.20 Å². The lowest BCUT2D eigenvalue weighted by atomic mass is 9.96. The zero-order valence-corrected chi connectivity index (χ0v) is 11.5. The lowest BCUT2D eigenvalue weighted by Gasteiger charge is -2.19. The Morgan fingerprint density at radius 1 is 1.00 bits per heavy atom. The Hall–Kier alpha value is -1.67. The van der Waals surface area contributed by atoms with Crippen molar-refractivity contribution >= 4 is 0 Å². The number of hydrogen-bond donors (Lipinski definition) is 1. The normalized spacial score (nSPS) is 12.4. The largest absolute Gasteiger partial charge is 0.308 e. The van der Waals surface area contributed by atoms with E-state index in [-0.39, 0.29) is 6.04 Å². The molecule has 0 fully saturated rings. The molecule has 2 heteroatoms. The molecule has 2 rings (SSSR count). The predicted molar refractivity (Wildman–Crippen MR) is 75.8 cm³/mol. The van der Waals surface area contributed by atoms with Crippen molar-refractivity contribution in [2.24, 2.45) is 0 Å². The minimum absolute atomic E-state index is 0.157. The number of benzene rings is 1. The lowest BCUT2D eigenvalue weighted by molar-refractivity contribution is 0.666. The maximum Gasteiger partial charge on any atom is 0.0751 e. The highest BCUT2D eigenvalue weighted by molar-refractivity contribution is 5.37. The van der Waals surface area contributed by atoms with Crippen LogP contribution < -0.4 is 5.32 Å². The van der Waals surface area contributed by atoms with Crippen molar-refractivity contribution in [1.29, 1.82) is 0 Å². The highest BCUT2D eigenvalue weighted by atomic mass is 14.9. The van der Waals surface area contributed by atoms with E-state index in [2.05, 4.69) is 55.3 Å². The summed E-state index contributed by atoms with van der Waals surface area (Å²) >= 11 is 0. The van der Waals surface area contributed by atoms with Crippen molar-refractivity contribution in [1.82, 2.24) is 10.3 Å². The average molecular weight is 240 g/mol. The van der Waals surface area contributed by atoms with Gasteiger partial charge in [0.1, 0.15) is 0 Å². The van der Waals surface area contributed by atoms with Gasteiger partial charge in [0.2, 0.25) is 0 Å². The number of hydrogen-bond acceptors (Lipinski definition) is 2. The van der Waals surface area contributed by atoms with Gasteiger partial charge in [0.15, 0.2) is 0 Å². The highest BCUT2D eigenvalue weighted by Crippen LogP contribution is 2.24. The molecule has 1 unspecified atom stereocenters. The minimum Gasteiger partial charge on any atom is -0.308 e. The summed E-state index contributed by atoms with van der Waals surface area (Å²) in [6, 6.07) is 10.9. The second-order valence-electron chi connectivity index (χ2n) is 4.84. The molecule has 0 radical (unpaired) electrons. The highest BCUT2D eigenvalue weighted by Gasteiger charge is 2.15. The van der Waals surface area contributed by atoms with Crippen LogP contribution in [-0.4, -0.2) is 12.0 Å². The topological polar surface area (TPSA) is 24.9 Å². The molecular weight excluding hydrogens is 220 g/mol. The predicted octanol–water partition coefficient (Wildman–Crippen LogP) is 3.32. The van der Waals surface area contributed by atoms with Gasteiger partial charge in [-0.15, -0.1) is 0 Å². The Morgan fingerprint density at radius 2 is 1.72 bits per heavy atom. The molecule has 0 spiro atoms. The molecular formula is C16H20N2. The summed E-state index contributed by atoms with van der Waals surface area (Å²) in [6.45, 7) is 6.37. The van der Waals surface area contributed by atoms with Gasteiger partial charge >= 0.3 is 0 Å². The van der Waals surface area contributed by atoms with E-state index >= 15 is 0 Å². The summed E-state index contributed by atoms with van der Waals surface area (Å²) in [4.78, 5) is 4.50. The summed E-state index contributed by atoms with van der Waals surface area (Å²) in [5.41, 5.74) is 6.19. The molecule has 1 aromatic carbocycles. The first-order valence-electron chi connectivity index (χ1n) is 6.29. The molecule has 2 aromatic rings. The summed E-state index contributed by atoms with van der Waals surface area (Å²) < 4.78 is 0. The van der Waals surface area contributed by atoms with Gasteiger partial charge in [-0.25, -0.2) is 0 Å². The zero-order chi connectivity index (χ0) is 13.1. The summed E-state index contributed by atoms with van der Waals surface area (Å²) in [5, 5.41) is 3.37. The van der Waals surface area contributed by atoms with Gasteiger partial charge in [0.25, 0.3) is 0 Å². The molecule has 0 aliphatic heterocycles. The van der Waals surface area contributed by atoms with E-state index in [9.17, 15) is 0 Å². The average Bonchev–Trinajstić information content (AvgIpc) is 2.35. The molecule has 1 N–H and O–H groups in total. The van der Waals surface area contributed by atoms with Crippen molar-refractivity contribution in [3.05, 3.63) is 64.5 Å². The van der Waals surface area contributed by atoms with Crippen molar-refractivity contribution < 1.29 is 0 Å². The third-order valence-electron chi connectivity index (χ3n) is 3.27. The van der Waals surface area contributed by atoms with E-state index in [1.54, 1.807) is 0 Å². The van der Waals surface area contributed by atoms with Crippen LogP contribution in [0, 0.1) is 20.8 Å². The fourth-order valence-corrected chi connectivity index (χ4v) is 2.25. The molecule has 2 nitrogen and oxygen atoms in total. The SMILES string of the molecule is CNC(c1cc(C)ccn1)c1cc(C)ccc1C. The zero-order valence-electron chi connectivity index (χ0n) is 11.5. The monoisotopic (exact) mass is 240 g/mol. The Bertz CT molecular complexity index is 547. The molecule has 0 aliphatic rings. The van der Waals surface area contributed by atoms with Gasteiger partial charge in [-0.1, -0.05) is 23.8 Å². The molecule has 0 bridgehead atoms. The third kappa shape index (κ3) is 2.59. The van der Waals surface area contributed by atoms with E-state index in [4.69, 9.17) is 0 Å². The molecule has 0 saturated carbocycles. The first kappa shape index (κ1) is 12.8. The van der Waals surface area contributed by atoms with E-state index in [1.165, 1.54) is 22.3 Å². The van der Waals surface area contributed by atoms with Crippen LogP contribution in [-0.2, 0) is 0 Å². The molecule has 0 saturated heterocycles. The quantitative estimate of drug-likeness (QED) is 0.890. The van der Waals surface area contributed by atoms with Crippen LogP contribution in [0.25, 0.3) is 0 Å². The van der Waals surface area contributed by atoms with Crippen molar-refractivity contribution in [2.45, 2.75) is 26.8 Å². The van der Waals surface area contributed by atoms with Crippen LogP contribution in [0.5, 0.6) is 0 Å². The van der Waals surface area contributed by atoms with Crippen LogP contribution >= 0.6 is 0 Å². The first-order valence-corrected chi connectivity index (χ1v) is 6.29. The number of nitrogens with zero attached hydrogens (tertiary/aromatic N) is 1. The Labute approximate surface area is 109 Å². The summed E-state index contributed by atoms with van der Waals surface area (Å²) in [6.07, 6.45) is 1.88. The van der Waals surface area contributed by atoms with Crippen molar-refractivity contribution in [2.75, 3.05) is 7.05 Å². The maximum absolute atomic E-state index is 4.50. The van der Waals surface area contributed by atoms with E-state index in [0.717, 1.165) is 5.69 Å². The lowest BCUT2D eigenvalue weighted by Crippen LogP contribution is -2.20. The Kier molecular flexibility index (Phi) is 3.78. The molecule has 1 aromatic heterocycles. The van der Waals surface area contributed by atoms with Gasteiger partial charge in [-0.05, 0) is 56.6 Å². The first-order chi connectivity index (χ1) is 8.61. The number of nitrogens with one attached hydrogen (secondary N) is 1. The molecule has 1 atom stereocenters. The number of pyridine rings is 1. The molecule has 0 aliphatic carbocycles. The van der Waals surface area contributed by atoms with Gasteiger partial charge in [0.05, 0.1) is 11.7 Å². The van der Waals surface area contributed by atoms with Gasteiger partial charge in [-0.2, -0.15) is 0 Å². The summed E-state index contributed by atoms with van der Waals surface area (Å²) in [5.74, 6) is 0. The van der Waals surface area contributed by atoms with Crippen LogP contribution in [0.3, 0.4) is 0 Å². The molecule has 18 heavy (non-hydrogen) atoms. The second kappa shape index (κ2) is 5.32.